The summed E-state index contributed by atoms with van der Waals surface area (Å²) in [6.07, 6.45) is 0. The lowest BCUT2D eigenvalue weighted by Gasteiger charge is -2.07. The number of thioether (sulfide) groups is 1. The number of carboxylic acid groups (broad SMARTS) is 1. The largest absolute Gasteiger partial charge is 0.480 e. The number of carbonyl (C=O) groups is 2. The molecule has 1 unspecified atom stereocenters. The van der Waals surface area contributed by atoms with Gasteiger partial charge in [0.1, 0.15) is 0 Å². The molecule has 0 radical (unpaired) electrons. The van der Waals surface area contributed by atoms with Crippen LogP contribution in [0.2, 0.25) is 0 Å². The first-order chi connectivity index (χ1) is 8.90. The highest BCUT2D eigenvalue weighted by atomic mass is 32.2. The van der Waals surface area contributed by atoms with Crippen molar-refractivity contribution in [3.63, 3.8) is 0 Å². The maximum Gasteiger partial charge on any atom is 0.316 e. The molecule has 0 aromatic heterocycles. The van der Waals surface area contributed by atoms with Gasteiger partial charge in [-0.2, -0.15) is 0 Å². The number of aliphatic carboxylic acids is 1. The fraction of sp³-hybridized carbons (Fsp3) is 0.273. The summed E-state index contributed by atoms with van der Waals surface area (Å²) in [7, 11) is 0. The van der Waals surface area contributed by atoms with Crippen molar-refractivity contribution >= 4 is 35.0 Å². The van der Waals surface area contributed by atoms with Gasteiger partial charge in [0.25, 0.3) is 5.69 Å². The third kappa shape index (κ3) is 4.96. The van der Waals surface area contributed by atoms with Crippen LogP contribution in [-0.2, 0) is 9.59 Å². The van der Waals surface area contributed by atoms with Gasteiger partial charge in [-0.3, -0.25) is 19.7 Å². The van der Waals surface area contributed by atoms with Crippen LogP contribution in [0, 0.1) is 10.1 Å². The van der Waals surface area contributed by atoms with Crippen molar-refractivity contribution in [2.45, 2.75) is 12.2 Å². The van der Waals surface area contributed by atoms with Gasteiger partial charge in [0.05, 0.1) is 15.9 Å². The normalized spacial score (nSPS) is 11.6. The molecule has 102 valence electrons. The van der Waals surface area contributed by atoms with Gasteiger partial charge in [0.2, 0.25) is 5.91 Å². The Balaban J connectivity index is 2.48. The SMILES string of the molecule is CC(SCC(=O)Nc1ccc([N+](=O)[O-])cc1)C(=O)O. The van der Waals surface area contributed by atoms with Crippen LogP contribution in [0.1, 0.15) is 6.92 Å². The second-order valence-corrected chi connectivity index (χ2v) is 4.97. The second-order valence-electron chi connectivity index (χ2n) is 3.64. The van der Waals surface area contributed by atoms with Crippen molar-refractivity contribution in [3.05, 3.63) is 34.4 Å². The Morgan fingerprint density at radius 2 is 2.00 bits per heavy atom. The van der Waals surface area contributed by atoms with E-state index >= 15 is 0 Å². The maximum atomic E-state index is 11.5. The Morgan fingerprint density at radius 3 is 2.47 bits per heavy atom. The molecule has 0 aliphatic carbocycles. The predicted octanol–water partition coefficient (Wildman–Crippen LogP) is 1.74. The molecule has 0 saturated heterocycles. The minimum atomic E-state index is -0.979. The standard InChI is InChI=1S/C11H12N2O5S/c1-7(11(15)16)19-6-10(14)12-8-2-4-9(5-3-8)13(17)18/h2-5,7H,6H2,1H3,(H,12,14)(H,15,16). The van der Waals surface area contributed by atoms with E-state index in [1.165, 1.54) is 31.2 Å². The van der Waals surface area contributed by atoms with Gasteiger partial charge in [-0.1, -0.05) is 0 Å². The third-order valence-electron chi connectivity index (χ3n) is 2.17. The molecule has 0 aliphatic heterocycles. The van der Waals surface area contributed by atoms with E-state index in [-0.39, 0.29) is 17.3 Å². The highest BCUT2D eigenvalue weighted by molar-refractivity contribution is 8.01. The zero-order valence-corrected chi connectivity index (χ0v) is 10.8. The van der Waals surface area contributed by atoms with E-state index in [1.807, 2.05) is 0 Å². The van der Waals surface area contributed by atoms with Crippen LogP contribution in [0.5, 0.6) is 0 Å². The Hall–Kier alpha value is -2.09. The number of anilines is 1. The number of hydrogen-bond donors (Lipinski definition) is 2. The zero-order chi connectivity index (χ0) is 14.4. The fourth-order valence-electron chi connectivity index (χ4n) is 1.14. The van der Waals surface area contributed by atoms with E-state index in [4.69, 9.17) is 5.11 Å². The first-order valence-electron chi connectivity index (χ1n) is 5.29. The van der Waals surface area contributed by atoms with Gasteiger partial charge in [0.15, 0.2) is 0 Å². The summed E-state index contributed by atoms with van der Waals surface area (Å²) >= 11 is 1.00. The lowest BCUT2D eigenvalue weighted by molar-refractivity contribution is -0.384. The first kappa shape index (κ1) is 15.0. The van der Waals surface area contributed by atoms with E-state index in [0.29, 0.717) is 5.69 Å². The van der Waals surface area contributed by atoms with Crippen LogP contribution in [-0.4, -0.2) is 32.9 Å². The maximum absolute atomic E-state index is 11.5. The number of nitro groups is 1. The van der Waals surface area contributed by atoms with Crippen LogP contribution >= 0.6 is 11.8 Å². The number of nitrogens with one attached hydrogen (secondary N) is 1. The summed E-state index contributed by atoms with van der Waals surface area (Å²) in [6.45, 7) is 1.49. The summed E-state index contributed by atoms with van der Waals surface area (Å²) in [5.41, 5.74) is 0.367. The smallest absolute Gasteiger partial charge is 0.316 e. The summed E-state index contributed by atoms with van der Waals surface area (Å²) in [4.78, 5) is 32.0. The molecule has 1 amide bonds. The molecule has 0 saturated carbocycles. The molecule has 0 aliphatic rings. The van der Waals surface area contributed by atoms with Gasteiger partial charge in [-0.05, 0) is 19.1 Å². The Kier molecular flexibility index (Phi) is 5.31. The van der Waals surface area contributed by atoms with E-state index in [0.717, 1.165) is 11.8 Å². The number of non-ortho nitro benzene ring substituents is 1. The van der Waals surface area contributed by atoms with Crippen molar-refractivity contribution in [1.82, 2.24) is 0 Å². The third-order valence-corrected chi connectivity index (χ3v) is 3.30. The van der Waals surface area contributed by atoms with Crippen LogP contribution in [0.25, 0.3) is 0 Å². The van der Waals surface area contributed by atoms with Crippen molar-refractivity contribution in [2.75, 3.05) is 11.1 Å². The lowest BCUT2D eigenvalue weighted by Crippen LogP contribution is -2.19. The van der Waals surface area contributed by atoms with Crippen LogP contribution in [0.3, 0.4) is 0 Å². The molecule has 1 aromatic rings. The number of nitrogens with zero attached hydrogens (tertiary/aromatic N) is 1. The topological polar surface area (TPSA) is 110 Å². The molecule has 2 N–H and O–H groups in total. The molecule has 19 heavy (non-hydrogen) atoms. The number of carboxylic acids is 1. The number of carbonyl (C=O) groups excluding carboxylic acids is 1. The molecule has 0 fully saturated rings. The highest BCUT2D eigenvalue weighted by Crippen LogP contribution is 2.16. The molecule has 0 heterocycles. The molecular formula is C11H12N2O5S. The molecule has 1 aromatic carbocycles. The Bertz CT molecular complexity index is 488. The number of rotatable bonds is 6. The summed E-state index contributed by atoms with van der Waals surface area (Å²) in [5, 5.41) is 20.9. The summed E-state index contributed by atoms with van der Waals surface area (Å²) in [6, 6.07) is 5.40. The predicted molar refractivity (Wildman–Crippen MR) is 71.3 cm³/mol. The highest BCUT2D eigenvalue weighted by Gasteiger charge is 2.13. The van der Waals surface area contributed by atoms with Gasteiger partial charge < -0.3 is 10.4 Å². The first-order valence-corrected chi connectivity index (χ1v) is 6.33. The van der Waals surface area contributed by atoms with Crippen LogP contribution in [0.15, 0.2) is 24.3 Å². The monoisotopic (exact) mass is 284 g/mol. The van der Waals surface area contributed by atoms with Crippen LogP contribution in [0.4, 0.5) is 11.4 Å². The number of amides is 1. The average molecular weight is 284 g/mol. The molecule has 7 nitrogen and oxygen atoms in total. The van der Waals surface area contributed by atoms with Gasteiger partial charge in [-0.25, -0.2) is 0 Å². The molecule has 1 rings (SSSR count). The molecular weight excluding hydrogens is 272 g/mol. The minimum Gasteiger partial charge on any atom is -0.480 e. The van der Waals surface area contributed by atoms with Gasteiger partial charge in [0, 0.05) is 17.8 Å². The molecule has 0 spiro atoms. The van der Waals surface area contributed by atoms with E-state index in [1.54, 1.807) is 0 Å². The summed E-state index contributed by atoms with van der Waals surface area (Å²) < 4.78 is 0. The fourth-order valence-corrected chi connectivity index (χ4v) is 1.75. The van der Waals surface area contributed by atoms with E-state index in [9.17, 15) is 19.7 Å². The van der Waals surface area contributed by atoms with Crippen molar-refractivity contribution in [3.8, 4) is 0 Å². The number of benzene rings is 1. The van der Waals surface area contributed by atoms with Gasteiger partial charge >= 0.3 is 5.97 Å². The zero-order valence-electron chi connectivity index (χ0n) is 10.0. The molecule has 0 bridgehead atoms. The minimum absolute atomic E-state index is 0.00442. The van der Waals surface area contributed by atoms with Crippen molar-refractivity contribution in [2.24, 2.45) is 0 Å². The van der Waals surface area contributed by atoms with E-state index in [2.05, 4.69) is 5.32 Å². The molecule has 8 heteroatoms. The van der Waals surface area contributed by atoms with Gasteiger partial charge in [-0.15, -0.1) is 11.8 Å². The van der Waals surface area contributed by atoms with Crippen LogP contribution < -0.4 is 5.32 Å². The van der Waals surface area contributed by atoms with Crippen molar-refractivity contribution in [1.29, 1.82) is 0 Å². The average Bonchev–Trinajstić information content (AvgIpc) is 2.36. The van der Waals surface area contributed by atoms with E-state index < -0.39 is 16.1 Å². The number of hydrogen-bond acceptors (Lipinski definition) is 5. The second kappa shape index (κ2) is 6.74. The van der Waals surface area contributed by atoms with Crippen molar-refractivity contribution < 1.29 is 19.6 Å². The number of nitro benzene ring substituents is 1. The quantitative estimate of drug-likeness (QED) is 0.608. The Labute approximate surface area is 113 Å². The Morgan fingerprint density at radius 1 is 1.42 bits per heavy atom. The lowest BCUT2D eigenvalue weighted by atomic mass is 10.3. The molecule has 1 atom stereocenters. The summed E-state index contributed by atoms with van der Waals surface area (Å²) in [5.74, 6) is -1.33.